The number of halogens is 1. The van der Waals surface area contributed by atoms with E-state index in [1.165, 1.54) is 11.3 Å². The standard InChI is InChI=1S/C17H18N2O2S.ClH/c20-16(15-6-3-11-22-15)13-4-1-2-5-14(13)17(21)19-12-7-9-18-10-8-12;/h1-6,11-12,18H,7-10H2,(H,19,21);1H. The fourth-order valence-corrected chi connectivity index (χ4v) is 3.33. The highest BCUT2D eigenvalue weighted by molar-refractivity contribution is 7.12. The summed E-state index contributed by atoms with van der Waals surface area (Å²) in [6.07, 6.45) is 1.85. The molecule has 0 spiro atoms. The van der Waals surface area contributed by atoms with Crippen molar-refractivity contribution >= 4 is 35.4 Å². The predicted molar refractivity (Wildman–Crippen MR) is 94.8 cm³/mol. The molecule has 0 aliphatic carbocycles. The van der Waals surface area contributed by atoms with E-state index < -0.39 is 0 Å². The molecule has 23 heavy (non-hydrogen) atoms. The molecule has 1 saturated heterocycles. The van der Waals surface area contributed by atoms with Gasteiger partial charge >= 0.3 is 0 Å². The van der Waals surface area contributed by atoms with Gasteiger partial charge in [0.25, 0.3) is 5.91 Å². The molecular formula is C17H19ClN2O2S. The summed E-state index contributed by atoms with van der Waals surface area (Å²) >= 11 is 1.39. The van der Waals surface area contributed by atoms with Crippen LogP contribution >= 0.6 is 23.7 Å². The van der Waals surface area contributed by atoms with Gasteiger partial charge in [0.05, 0.1) is 10.4 Å². The van der Waals surface area contributed by atoms with E-state index in [2.05, 4.69) is 10.6 Å². The highest BCUT2D eigenvalue weighted by Gasteiger charge is 2.21. The number of nitrogens with one attached hydrogen (secondary N) is 2. The molecule has 0 bridgehead atoms. The molecule has 0 saturated carbocycles. The lowest BCUT2D eigenvalue weighted by Crippen LogP contribution is -2.43. The van der Waals surface area contributed by atoms with Gasteiger partial charge in [-0.05, 0) is 43.4 Å². The molecule has 1 aliphatic rings. The van der Waals surface area contributed by atoms with Gasteiger partial charge < -0.3 is 10.6 Å². The van der Waals surface area contributed by atoms with Crippen LogP contribution in [0.2, 0.25) is 0 Å². The number of carbonyl (C=O) groups is 2. The van der Waals surface area contributed by atoms with Crippen LogP contribution in [-0.2, 0) is 0 Å². The lowest BCUT2D eigenvalue weighted by Gasteiger charge is -2.24. The first-order valence-electron chi connectivity index (χ1n) is 7.44. The van der Waals surface area contributed by atoms with Gasteiger partial charge in [0.2, 0.25) is 5.78 Å². The van der Waals surface area contributed by atoms with Gasteiger partial charge in [-0.2, -0.15) is 0 Å². The van der Waals surface area contributed by atoms with Gasteiger partial charge in [-0.1, -0.05) is 24.3 Å². The van der Waals surface area contributed by atoms with Crippen LogP contribution < -0.4 is 10.6 Å². The molecule has 1 fully saturated rings. The van der Waals surface area contributed by atoms with E-state index in [0.29, 0.717) is 16.0 Å². The number of hydrogen-bond acceptors (Lipinski definition) is 4. The zero-order valence-electron chi connectivity index (χ0n) is 12.6. The minimum absolute atomic E-state index is 0. The van der Waals surface area contributed by atoms with Crippen LogP contribution in [0.5, 0.6) is 0 Å². The SMILES string of the molecule is Cl.O=C(NC1CCNCC1)c1ccccc1C(=O)c1cccs1. The van der Waals surface area contributed by atoms with Gasteiger partial charge in [-0.15, -0.1) is 23.7 Å². The minimum atomic E-state index is -0.160. The number of amides is 1. The lowest BCUT2D eigenvalue weighted by molar-refractivity contribution is 0.0920. The lowest BCUT2D eigenvalue weighted by atomic mass is 10.0. The smallest absolute Gasteiger partial charge is 0.252 e. The van der Waals surface area contributed by atoms with E-state index in [9.17, 15) is 9.59 Å². The Hall–Kier alpha value is -1.69. The maximum absolute atomic E-state index is 12.5. The molecule has 0 unspecified atom stereocenters. The monoisotopic (exact) mass is 350 g/mol. The fraction of sp³-hybridized carbons (Fsp3) is 0.294. The van der Waals surface area contributed by atoms with Crippen LogP contribution in [0.25, 0.3) is 0 Å². The molecule has 1 aromatic carbocycles. The second-order valence-electron chi connectivity index (χ2n) is 5.35. The van der Waals surface area contributed by atoms with Crippen LogP contribution in [0, 0.1) is 0 Å². The Morgan fingerprint density at radius 3 is 2.39 bits per heavy atom. The first-order valence-corrected chi connectivity index (χ1v) is 8.32. The second-order valence-corrected chi connectivity index (χ2v) is 6.30. The summed E-state index contributed by atoms with van der Waals surface area (Å²) in [5, 5.41) is 8.19. The van der Waals surface area contributed by atoms with Crippen LogP contribution in [0.15, 0.2) is 41.8 Å². The Balaban J connectivity index is 0.00000192. The van der Waals surface area contributed by atoms with Crippen molar-refractivity contribution in [2.75, 3.05) is 13.1 Å². The number of rotatable bonds is 4. The number of thiophene rings is 1. The number of piperidine rings is 1. The largest absolute Gasteiger partial charge is 0.349 e. The Labute approximate surface area is 145 Å². The number of ketones is 1. The summed E-state index contributed by atoms with van der Waals surface area (Å²) in [6, 6.07) is 10.8. The molecular weight excluding hydrogens is 332 g/mol. The van der Waals surface area contributed by atoms with E-state index in [4.69, 9.17) is 0 Å². The molecule has 2 heterocycles. The van der Waals surface area contributed by atoms with E-state index in [1.54, 1.807) is 30.3 Å². The molecule has 1 aromatic heterocycles. The van der Waals surface area contributed by atoms with Crippen molar-refractivity contribution in [3.8, 4) is 0 Å². The van der Waals surface area contributed by atoms with Crippen LogP contribution in [-0.4, -0.2) is 30.8 Å². The Morgan fingerprint density at radius 2 is 1.74 bits per heavy atom. The van der Waals surface area contributed by atoms with E-state index >= 15 is 0 Å². The van der Waals surface area contributed by atoms with E-state index in [0.717, 1.165) is 25.9 Å². The molecule has 1 aliphatic heterocycles. The van der Waals surface area contributed by atoms with Gasteiger partial charge in [0.1, 0.15) is 0 Å². The summed E-state index contributed by atoms with van der Waals surface area (Å²) in [4.78, 5) is 25.7. The summed E-state index contributed by atoms with van der Waals surface area (Å²) in [6.45, 7) is 1.83. The normalized spacial score (nSPS) is 14.8. The van der Waals surface area contributed by atoms with Crippen LogP contribution in [0.4, 0.5) is 0 Å². The summed E-state index contributed by atoms with van der Waals surface area (Å²) in [5.74, 6) is -0.251. The maximum atomic E-state index is 12.5. The van der Waals surface area contributed by atoms with E-state index in [-0.39, 0.29) is 30.1 Å². The Bertz CT molecular complexity index is 667. The van der Waals surface area contributed by atoms with Crippen molar-refractivity contribution in [1.82, 2.24) is 10.6 Å². The average molecular weight is 351 g/mol. The fourth-order valence-electron chi connectivity index (χ4n) is 2.65. The molecule has 1 amide bonds. The Kier molecular flexibility index (Phi) is 6.33. The van der Waals surface area contributed by atoms with Crippen LogP contribution in [0.3, 0.4) is 0 Å². The number of hydrogen-bond donors (Lipinski definition) is 2. The second kappa shape index (κ2) is 8.24. The highest BCUT2D eigenvalue weighted by atomic mass is 35.5. The third-order valence-corrected chi connectivity index (χ3v) is 4.70. The molecule has 2 N–H and O–H groups in total. The van der Waals surface area contributed by atoms with Crippen molar-refractivity contribution in [3.05, 3.63) is 57.8 Å². The zero-order chi connectivity index (χ0) is 15.4. The topological polar surface area (TPSA) is 58.2 Å². The van der Waals surface area contributed by atoms with Crippen LogP contribution in [0.1, 0.15) is 38.4 Å². The summed E-state index contributed by atoms with van der Waals surface area (Å²) in [5.41, 5.74) is 0.927. The first-order chi connectivity index (χ1) is 10.8. The van der Waals surface area contributed by atoms with Crippen molar-refractivity contribution in [2.24, 2.45) is 0 Å². The first kappa shape index (κ1) is 17.7. The van der Waals surface area contributed by atoms with Gasteiger partial charge in [-0.25, -0.2) is 0 Å². The quantitative estimate of drug-likeness (QED) is 0.834. The molecule has 3 rings (SSSR count). The average Bonchev–Trinajstić information content (AvgIpc) is 3.09. The number of benzene rings is 1. The number of carbonyl (C=O) groups excluding carboxylic acids is 2. The van der Waals surface area contributed by atoms with Crippen molar-refractivity contribution in [1.29, 1.82) is 0 Å². The maximum Gasteiger partial charge on any atom is 0.252 e. The highest BCUT2D eigenvalue weighted by Crippen LogP contribution is 2.18. The van der Waals surface area contributed by atoms with Crippen molar-refractivity contribution in [3.63, 3.8) is 0 Å². The molecule has 0 atom stereocenters. The van der Waals surface area contributed by atoms with Gasteiger partial charge in [0, 0.05) is 11.6 Å². The Morgan fingerprint density at radius 1 is 1.04 bits per heavy atom. The van der Waals surface area contributed by atoms with Gasteiger partial charge in [0.15, 0.2) is 0 Å². The van der Waals surface area contributed by atoms with Crippen molar-refractivity contribution in [2.45, 2.75) is 18.9 Å². The zero-order valence-corrected chi connectivity index (χ0v) is 14.2. The predicted octanol–water partition coefficient (Wildman–Crippen LogP) is 2.88. The third kappa shape index (κ3) is 4.19. The molecule has 6 heteroatoms. The molecule has 0 radical (unpaired) electrons. The molecule has 2 aromatic rings. The van der Waals surface area contributed by atoms with Crippen molar-refractivity contribution < 1.29 is 9.59 Å². The third-order valence-electron chi connectivity index (χ3n) is 3.84. The molecule has 122 valence electrons. The minimum Gasteiger partial charge on any atom is -0.349 e. The summed E-state index contributed by atoms with van der Waals surface area (Å²) < 4.78 is 0. The molecule has 4 nitrogen and oxygen atoms in total. The van der Waals surface area contributed by atoms with Gasteiger partial charge in [-0.3, -0.25) is 9.59 Å². The van der Waals surface area contributed by atoms with E-state index in [1.807, 2.05) is 11.4 Å². The summed E-state index contributed by atoms with van der Waals surface area (Å²) in [7, 11) is 0.